The molecule has 1 heterocycles. The van der Waals surface area contributed by atoms with Crippen molar-refractivity contribution in [1.29, 1.82) is 0 Å². The van der Waals surface area contributed by atoms with E-state index in [1.54, 1.807) is 0 Å². The molecule has 24 heavy (non-hydrogen) atoms. The largest absolute Gasteiger partial charge is 0.317 e. The second kappa shape index (κ2) is 6.29. The van der Waals surface area contributed by atoms with Crippen LogP contribution in [-0.4, -0.2) is 14.9 Å². The molecule has 0 radical (unpaired) electrons. The van der Waals surface area contributed by atoms with Crippen LogP contribution in [-0.2, 0) is 6.54 Å². The summed E-state index contributed by atoms with van der Waals surface area (Å²) in [5, 5.41) is 9.68. The fourth-order valence-corrected chi connectivity index (χ4v) is 3.03. The zero-order valence-electron chi connectivity index (χ0n) is 12.9. The molecule has 0 fully saturated rings. The van der Waals surface area contributed by atoms with Crippen molar-refractivity contribution in [2.75, 3.05) is 5.43 Å². The number of H-pyrrole nitrogens is 1. The van der Waals surface area contributed by atoms with Crippen LogP contribution in [0.3, 0.4) is 0 Å². The van der Waals surface area contributed by atoms with Gasteiger partial charge in [-0.1, -0.05) is 72.8 Å². The molecule has 4 rings (SSSR count). The van der Waals surface area contributed by atoms with E-state index >= 15 is 0 Å². The van der Waals surface area contributed by atoms with Crippen LogP contribution in [0, 0.1) is 4.77 Å². The van der Waals surface area contributed by atoms with E-state index in [4.69, 9.17) is 12.2 Å². The van der Waals surface area contributed by atoms with E-state index in [1.807, 2.05) is 35.0 Å². The maximum Gasteiger partial charge on any atom is 0.214 e. The van der Waals surface area contributed by atoms with Crippen molar-refractivity contribution >= 4 is 23.0 Å². The zero-order valence-corrected chi connectivity index (χ0v) is 13.8. The fourth-order valence-electron chi connectivity index (χ4n) is 2.84. The Hall–Kier alpha value is -2.92. The van der Waals surface area contributed by atoms with Gasteiger partial charge in [-0.15, -0.1) is 0 Å². The lowest BCUT2D eigenvalue weighted by molar-refractivity contribution is 0.835. The summed E-state index contributed by atoms with van der Waals surface area (Å²) < 4.78 is 2.38. The normalized spacial score (nSPS) is 10.8. The van der Waals surface area contributed by atoms with Crippen LogP contribution < -0.4 is 5.43 Å². The molecule has 0 amide bonds. The van der Waals surface area contributed by atoms with Gasteiger partial charge in [0.25, 0.3) is 0 Å². The SMILES string of the molecule is S=c1[nH]nc(-c2ccccc2)n1NCc1cccc2ccccc12. The van der Waals surface area contributed by atoms with Crippen molar-refractivity contribution in [2.45, 2.75) is 6.54 Å². The first-order chi connectivity index (χ1) is 11.8. The van der Waals surface area contributed by atoms with E-state index in [0.717, 1.165) is 11.4 Å². The van der Waals surface area contributed by atoms with Crippen LogP contribution in [0.1, 0.15) is 5.56 Å². The molecule has 2 N–H and O–H groups in total. The third kappa shape index (κ3) is 2.70. The summed E-state index contributed by atoms with van der Waals surface area (Å²) in [6, 6.07) is 24.7. The number of hydrogen-bond acceptors (Lipinski definition) is 3. The molecule has 0 saturated heterocycles. The molecule has 0 atom stereocenters. The number of fused-ring (bicyclic) bond motifs is 1. The van der Waals surface area contributed by atoms with Gasteiger partial charge < -0.3 is 5.43 Å². The molecule has 0 aliphatic carbocycles. The lowest BCUT2D eigenvalue weighted by Crippen LogP contribution is -2.16. The molecular weight excluding hydrogens is 316 g/mol. The lowest BCUT2D eigenvalue weighted by atomic mass is 10.1. The second-order valence-electron chi connectivity index (χ2n) is 5.53. The molecule has 3 aromatic carbocycles. The molecule has 0 spiro atoms. The average Bonchev–Trinajstić information content (AvgIpc) is 3.01. The van der Waals surface area contributed by atoms with Gasteiger partial charge in [0.2, 0.25) is 4.77 Å². The van der Waals surface area contributed by atoms with Gasteiger partial charge in [0.15, 0.2) is 5.82 Å². The third-order valence-corrected chi connectivity index (χ3v) is 4.29. The molecular formula is C19H16N4S. The van der Waals surface area contributed by atoms with Crippen LogP contribution >= 0.6 is 12.2 Å². The van der Waals surface area contributed by atoms with E-state index in [-0.39, 0.29) is 0 Å². The van der Waals surface area contributed by atoms with Gasteiger partial charge in [0, 0.05) is 5.56 Å². The third-order valence-electron chi connectivity index (χ3n) is 4.01. The lowest BCUT2D eigenvalue weighted by Gasteiger charge is -2.12. The van der Waals surface area contributed by atoms with Gasteiger partial charge in [-0.25, -0.2) is 9.77 Å². The minimum Gasteiger partial charge on any atom is -0.317 e. The Morgan fingerprint density at radius 3 is 2.54 bits per heavy atom. The van der Waals surface area contributed by atoms with Crippen molar-refractivity contribution in [3.8, 4) is 11.4 Å². The Balaban J connectivity index is 1.67. The van der Waals surface area contributed by atoms with Crippen LogP contribution in [0.15, 0.2) is 72.8 Å². The van der Waals surface area contributed by atoms with E-state index in [0.29, 0.717) is 11.3 Å². The molecule has 0 saturated carbocycles. The van der Waals surface area contributed by atoms with E-state index in [9.17, 15) is 0 Å². The minimum absolute atomic E-state index is 0.550. The maximum absolute atomic E-state index is 5.37. The number of aromatic amines is 1. The smallest absolute Gasteiger partial charge is 0.214 e. The minimum atomic E-state index is 0.550. The first kappa shape index (κ1) is 14.7. The van der Waals surface area contributed by atoms with Crippen molar-refractivity contribution in [3.05, 3.63) is 83.1 Å². The summed E-state index contributed by atoms with van der Waals surface area (Å²) in [7, 11) is 0. The first-order valence-corrected chi connectivity index (χ1v) is 8.17. The van der Waals surface area contributed by atoms with Crippen molar-refractivity contribution in [2.24, 2.45) is 0 Å². The Morgan fingerprint density at radius 2 is 1.67 bits per heavy atom. The number of rotatable bonds is 4. The van der Waals surface area contributed by atoms with E-state index in [2.05, 4.69) is 58.1 Å². The number of aromatic nitrogens is 3. The molecule has 4 nitrogen and oxygen atoms in total. The van der Waals surface area contributed by atoms with Crippen molar-refractivity contribution in [1.82, 2.24) is 14.9 Å². The molecule has 0 aliphatic heterocycles. The Morgan fingerprint density at radius 1 is 0.917 bits per heavy atom. The number of nitrogens with one attached hydrogen (secondary N) is 2. The average molecular weight is 332 g/mol. The maximum atomic E-state index is 5.37. The van der Waals surface area contributed by atoms with E-state index < -0.39 is 0 Å². The van der Waals surface area contributed by atoms with Crippen LogP contribution in [0.4, 0.5) is 0 Å². The predicted molar refractivity (Wildman–Crippen MR) is 99.9 cm³/mol. The Kier molecular flexibility index (Phi) is 3.84. The van der Waals surface area contributed by atoms with Gasteiger partial charge in [0.05, 0.1) is 6.54 Å². The van der Waals surface area contributed by atoms with Crippen molar-refractivity contribution in [3.63, 3.8) is 0 Å². The summed E-state index contributed by atoms with van der Waals surface area (Å²) in [6.45, 7) is 0.662. The first-order valence-electron chi connectivity index (χ1n) is 7.76. The van der Waals surface area contributed by atoms with Crippen LogP contribution in [0.25, 0.3) is 22.2 Å². The molecule has 118 valence electrons. The monoisotopic (exact) mass is 332 g/mol. The topological polar surface area (TPSA) is 45.6 Å². The predicted octanol–water partition coefficient (Wildman–Crippen LogP) is 4.50. The fraction of sp³-hybridized carbons (Fsp3) is 0.0526. The highest BCUT2D eigenvalue weighted by molar-refractivity contribution is 7.71. The van der Waals surface area contributed by atoms with Gasteiger partial charge in [0.1, 0.15) is 0 Å². The summed E-state index contributed by atoms with van der Waals surface area (Å²) in [5.41, 5.74) is 5.61. The summed E-state index contributed by atoms with van der Waals surface area (Å²) >= 11 is 5.37. The summed E-state index contributed by atoms with van der Waals surface area (Å²) in [4.78, 5) is 0. The highest BCUT2D eigenvalue weighted by atomic mass is 32.1. The summed E-state index contributed by atoms with van der Waals surface area (Å²) in [5.74, 6) is 0.779. The highest BCUT2D eigenvalue weighted by Crippen LogP contribution is 2.20. The number of nitrogens with zero attached hydrogens (tertiary/aromatic N) is 2. The molecule has 0 unspecified atom stereocenters. The molecule has 5 heteroatoms. The molecule has 0 aliphatic rings. The Bertz CT molecular complexity index is 1030. The quantitative estimate of drug-likeness (QED) is 0.541. The van der Waals surface area contributed by atoms with Gasteiger partial charge in [-0.3, -0.25) is 0 Å². The number of hydrogen-bond donors (Lipinski definition) is 2. The van der Waals surface area contributed by atoms with Gasteiger partial charge in [-0.05, 0) is 28.6 Å². The van der Waals surface area contributed by atoms with Crippen molar-refractivity contribution < 1.29 is 0 Å². The van der Waals surface area contributed by atoms with Gasteiger partial charge in [-0.2, -0.15) is 5.10 Å². The standard InChI is InChI=1S/C19H16N4S/c24-19-22-21-18(15-8-2-1-3-9-15)23(19)20-13-16-11-6-10-14-7-4-5-12-17(14)16/h1-12,20H,13H2,(H,22,24). The molecule has 1 aromatic heterocycles. The molecule has 0 bridgehead atoms. The van der Waals surface area contributed by atoms with E-state index in [1.165, 1.54) is 16.3 Å². The zero-order chi connectivity index (χ0) is 16.4. The number of benzene rings is 3. The Labute approximate surface area is 144 Å². The second-order valence-corrected chi connectivity index (χ2v) is 5.91. The van der Waals surface area contributed by atoms with Gasteiger partial charge >= 0.3 is 0 Å². The summed E-state index contributed by atoms with van der Waals surface area (Å²) in [6.07, 6.45) is 0. The highest BCUT2D eigenvalue weighted by Gasteiger charge is 2.08. The molecule has 4 aromatic rings. The van der Waals surface area contributed by atoms with Crippen LogP contribution in [0.2, 0.25) is 0 Å². The van der Waals surface area contributed by atoms with Crippen LogP contribution in [0.5, 0.6) is 0 Å².